The van der Waals surface area contributed by atoms with Crippen LogP contribution in [-0.2, 0) is 4.74 Å². The van der Waals surface area contributed by atoms with Crippen LogP contribution in [0.1, 0.15) is 18.5 Å². The molecule has 0 bridgehead atoms. The van der Waals surface area contributed by atoms with Gasteiger partial charge < -0.3 is 10.5 Å². The van der Waals surface area contributed by atoms with E-state index in [2.05, 4.69) is 31.0 Å². The van der Waals surface area contributed by atoms with E-state index in [0.717, 1.165) is 11.6 Å². The largest absolute Gasteiger partial charge is 0.379 e. The van der Waals surface area contributed by atoms with Gasteiger partial charge in [0.05, 0.1) is 13.2 Å². The van der Waals surface area contributed by atoms with E-state index in [4.69, 9.17) is 22.1 Å². The molecule has 96 valence electrons. The molecule has 1 rings (SSSR count). The molecule has 0 heterocycles. The predicted molar refractivity (Wildman–Crippen MR) is 72.4 cm³/mol. The third-order valence-electron chi connectivity index (χ3n) is 2.86. The Hall–Kier alpha value is -0.610. The van der Waals surface area contributed by atoms with Crippen LogP contribution in [0.4, 0.5) is 0 Å². The maximum atomic E-state index is 5.87. The summed E-state index contributed by atoms with van der Waals surface area (Å²) in [6.45, 7) is 4.99. The van der Waals surface area contributed by atoms with Crippen LogP contribution < -0.4 is 5.73 Å². The lowest BCUT2D eigenvalue weighted by molar-refractivity contribution is 0.106. The van der Waals surface area contributed by atoms with Crippen LogP contribution in [0.5, 0.6) is 0 Å². The monoisotopic (exact) mass is 256 g/mol. The zero-order chi connectivity index (χ0) is 12.7. The molecule has 0 aliphatic rings. The molecule has 0 saturated carbocycles. The Labute approximate surface area is 109 Å². The Kier molecular flexibility index (Phi) is 6.52. The molecule has 0 aliphatic heterocycles. The Morgan fingerprint density at radius 2 is 1.94 bits per heavy atom. The molecular weight excluding hydrogens is 236 g/mol. The van der Waals surface area contributed by atoms with Gasteiger partial charge in [-0.3, -0.25) is 4.90 Å². The molecule has 2 N–H and O–H groups in total. The average molecular weight is 257 g/mol. The number of likely N-dealkylation sites (N-methyl/N-ethyl adjacent to an activating group) is 1. The van der Waals surface area contributed by atoms with Gasteiger partial charge in [0, 0.05) is 24.2 Å². The fraction of sp³-hybridized carbons (Fsp3) is 0.538. The van der Waals surface area contributed by atoms with E-state index in [1.54, 1.807) is 0 Å². The highest BCUT2D eigenvalue weighted by Crippen LogP contribution is 2.20. The maximum absolute atomic E-state index is 5.87. The summed E-state index contributed by atoms with van der Waals surface area (Å²) in [5, 5.41) is 0.773. The number of hydrogen-bond acceptors (Lipinski definition) is 3. The average Bonchev–Trinajstić information content (AvgIpc) is 2.34. The molecule has 1 aromatic carbocycles. The Morgan fingerprint density at radius 1 is 1.29 bits per heavy atom. The fourth-order valence-electron chi connectivity index (χ4n) is 1.58. The van der Waals surface area contributed by atoms with Gasteiger partial charge in [0.1, 0.15) is 0 Å². The van der Waals surface area contributed by atoms with Crippen LogP contribution in [0.2, 0.25) is 5.02 Å². The molecule has 1 unspecified atom stereocenters. The summed E-state index contributed by atoms with van der Waals surface area (Å²) in [5.41, 5.74) is 6.62. The van der Waals surface area contributed by atoms with E-state index in [9.17, 15) is 0 Å². The Balaban J connectivity index is 2.40. The number of hydrogen-bond donors (Lipinski definition) is 1. The van der Waals surface area contributed by atoms with Gasteiger partial charge in [0.15, 0.2) is 0 Å². The highest BCUT2D eigenvalue weighted by Gasteiger charge is 2.10. The van der Waals surface area contributed by atoms with Crippen LogP contribution in [0.3, 0.4) is 0 Å². The standard InChI is InChI=1S/C13H21ClN2O/c1-11(12-3-5-13(14)6-4-12)16(2)8-10-17-9-7-15/h3-6,11H,7-10,15H2,1-2H3. The third kappa shape index (κ3) is 5.04. The zero-order valence-corrected chi connectivity index (χ0v) is 11.3. The summed E-state index contributed by atoms with van der Waals surface area (Å²) in [5.74, 6) is 0. The lowest BCUT2D eigenvalue weighted by Gasteiger charge is -2.25. The number of benzene rings is 1. The molecule has 1 aromatic rings. The summed E-state index contributed by atoms with van der Waals surface area (Å²) >= 11 is 5.87. The molecule has 0 aromatic heterocycles. The van der Waals surface area contributed by atoms with Gasteiger partial charge in [-0.1, -0.05) is 23.7 Å². The van der Waals surface area contributed by atoms with Crippen molar-refractivity contribution in [2.45, 2.75) is 13.0 Å². The van der Waals surface area contributed by atoms with Crippen molar-refractivity contribution in [2.75, 3.05) is 33.4 Å². The lowest BCUT2D eigenvalue weighted by atomic mass is 10.1. The fourth-order valence-corrected chi connectivity index (χ4v) is 1.71. The maximum Gasteiger partial charge on any atom is 0.0594 e. The zero-order valence-electron chi connectivity index (χ0n) is 10.5. The van der Waals surface area contributed by atoms with Crippen LogP contribution in [0.15, 0.2) is 24.3 Å². The highest BCUT2D eigenvalue weighted by atomic mass is 35.5. The molecule has 3 nitrogen and oxygen atoms in total. The highest BCUT2D eigenvalue weighted by molar-refractivity contribution is 6.30. The van der Waals surface area contributed by atoms with Crippen molar-refractivity contribution in [2.24, 2.45) is 5.73 Å². The van der Waals surface area contributed by atoms with Crippen molar-refractivity contribution in [3.63, 3.8) is 0 Å². The molecule has 1 atom stereocenters. The first-order valence-electron chi connectivity index (χ1n) is 5.88. The molecule has 0 saturated heterocycles. The van der Waals surface area contributed by atoms with Crippen molar-refractivity contribution in [3.05, 3.63) is 34.9 Å². The summed E-state index contributed by atoms with van der Waals surface area (Å²) < 4.78 is 5.37. The van der Waals surface area contributed by atoms with Gasteiger partial charge >= 0.3 is 0 Å². The van der Waals surface area contributed by atoms with E-state index in [-0.39, 0.29) is 0 Å². The molecule has 0 radical (unpaired) electrons. The first-order chi connectivity index (χ1) is 8.15. The third-order valence-corrected chi connectivity index (χ3v) is 3.12. The van der Waals surface area contributed by atoms with Crippen molar-refractivity contribution in [1.29, 1.82) is 0 Å². The molecule has 0 aliphatic carbocycles. The molecule has 0 amide bonds. The number of ether oxygens (including phenoxy) is 1. The van der Waals surface area contributed by atoms with E-state index in [1.807, 2.05) is 12.1 Å². The quantitative estimate of drug-likeness (QED) is 0.761. The van der Waals surface area contributed by atoms with Crippen molar-refractivity contribution < 1.29 is 4.74 Å². The number of nitrogens with zero attached hydrogens (tertiary/aromatic N) is 1. The molecule has 4 heteroatoms. The minimum Gasteiger partial charge on any atom is -0.379 e. The van der Waals surface area contributed by atoms with Crippen LogP contribution in [0, 0.1) is 0 Å². The van der Waals surface area contributed by atoms with E-state index in [0.29, 0.717) is 25.8 Å². The van der Waals surface area contributed by atoms with Crippen LogP contribution >= 0.6 is 11.6 Å². The molecule has 17 heavy (non-hydrogen) atoms. The number of halogens is 1. The lowest BCUT2D eigenvalue weighted by Crippen LogP contribution is -2.27. The first-order valence-corrected chi connectivity index (χ1v) is 6.26. The van der Waals surface area contributed by atoms with Crippen molar-refractivity contribution in [1.82, 2.24) is 4.90 Å². The van der Waals surface area contributed by atoms with Gasteiger partial charge in [-0.15, -0.1) is 0 Å². The second-order valence-corrected chi connectivity index (χ2v) is 4.55. The summed E-state index contributed by atoms with van der Waals surface area (Å²) in [4.78, 5) is 2.25. The Morgan fingerprint density at radius 3 is 2.53 bits per heavy atom. The smallest absolute Gasteiger partial charge is 0.0594 e. The second-order valence-electron chi connectivity index (χ2n) is 4.11. The minimum atomic E-state index is 0.355. The van der Waals surface area contributed by atoms with Crippen LogP contribution in [0.25, 0.3) is 0 Å². The van der Waals surface area contributed by atoms with Gasteiger partial charge in [-0.2, -0.15) is 0 Å². The van der Waals surface area contributed by atoms with E-state index >= 15 is 0 Å². The SMILES string of the molecule is CC(c1ccc(Cl)cc1)N(C)CCOCCN. The number of rotatable bonds is 7. The summed E-state index contributed by atoms with van der Waals surface area (Å²) in [6, 6.07) is 8.32. The van der Waals surface area contributed by atoms with Gasteiger partial charge in [-0.25, -0.2) is 0 Å². The van der Waals surface area contributed by atoms with Crippen LogP contribution in [-0.4, -0.2) is 38.3 Å². The van der Waals surface area contributed by atoms with E-state index in [1.165, 1.54) is 5.56 Å². The number of nitrogens with two attached hydrogens (primary N) is 1. The minimum absolute atomic E-state index is 0.355. The second kappa shape index (κ2) is 7.67. The summed E-state index contributed by atoms with van der Waals surface area (Å²) in [6.07, 6.45) is 0. The van der Waals surface area contributed by atoms with Crippen molar-refractivity contribution >= 4 is 11.6 Å². The van der Waals surface area contributed by atoms with Crippen molar-refractivity contribution in [3.8, 4) is 0 Å². The van der Waals surface area contributed by atoms with Gasteiger partial charge in [0.25, 0.3) is 0 Å². The molecule has 0 spiro atoms. The first kappa shape index (κ1) is 14.5. The molecular formula is C13H21ClN2O. The van der Waals surface area contributed by atoms with Gasteiger partial charge in [-0.05, 0) is 31.7 Å². The summed E-state index contributed by atoms with van der Waals surface area (Å²) in [7, 11) is 2.09. The Bertz CT molecular complexity index is 316. The van der Waals surface area contributed by atoms with Gasteiger partial charge in [0.2, 0.25) is 0 Å². The normalized spacial score (nSPS) is 13.0. The predicted octanol–water partition coefficient (Wildman–Crippen LogP) is 2.31. The molecule has 0 fully saturated rings. The van der Waals surface area contributed by atoms with E-state index < -0.39 is 0 Å². The topological polar surface area (TPSA) is 38.5 Å².